The number of anilines is 1. The summed E-state index contributed by atoms with van der Waals surface area (Å²) < 4.78 is 0. The lowest BCUT2D eigenvalue weighted by Gasteiger charge is -2.02. The molecule has 0 bridgehead atoms. The van der Waals surface area contributed by atoms with Gasteiger partial charge in [-0.05, 0) is 13.0 Å². The lowest BCUT2D eigenvalue weighted by atomic mass is 10.3. The molecule has 1 rings (SSSR count). The molecule has 1 aromatic rings. The number of nitro groups is 1. The van der Waals surface area contributed by atoms with Crippen LogP contribution in [-0.4, -0.2) is 17.0 Å². The second kappa shape index (κ2) is 3.17. The Bertz CT molecular complexity index is 312. The van der Waals surface area contributed by atoms with Gasteiger partial charge < -0.3 is 5.32 Å². The van der Waals surface area contributed by atoms with E-state index in [1.807, 2.05) is 0 Å². The summed E-state index contributed by atoms with van der Waals surface area (Å²) in [6.07, 6.45) is 1.54. The number of pyridine rings is 1. The smallest absolute Gasteiger partial charge is 0.313 e. The zero-order chi connectivity index (χ0) is 9.14. The summed E-state index contributed by atoms with van der Waals surface area (Å²) in [5.74, 6) is 0. The molecule has 0 aliphatic rings. The fourth-order valence-corrected chi connectivity index (χ4v) is 0.991. The van der Waals surface area contributed by atoms with Crippen LogP contribution in [0.25, 0.3) is 0 Å². The van der Waals surface area contributed by atoms with Crippen LogP contribution in [0.5, 0.6) is 0 Å². The van der Waals surface area contributed by atoms with Crippen molar-refractivity contribution >= 4 is 11.4 Å². The number of hydrogen-bond acceptors (Lipinski definition) is 4. The molecule has 1 N–H and O–H groups in total. The van der Waals surface area contributed by atoms with Gasteiger partial charge in [0.25, 0.3) is 0 Å². The first-order chi connectivity index (χ1) is 5.66. The Labute approximate surface area is 69.6 Å². The molecule has 5 nitrogen and oxygen atoms in total. The van der Waals surface area contributed by atoms with E-state index in [-0.39, 0.29) is 5.69 Å². The lowest BCUT2D eigenvalue weighted by molar-refractivity contribution is -0.384. The van der Waals surface area contributed by atoms with Gasteiger partial charge in [0.15, 0.2) is 0 Å². The third kappa shape index (κ3) is 1.34. The fraction of sp³-hybridized carbons (Fsp3) is 0.286. The lowest BCUT2D eigenvalue weighted by Crippen LogP contribution is -1.99. The average molecular weight is 167 g/mol. The van der Waals surface area contributed by atoms with Crippen molar-refractivity contribution in [2.75, 3.05) is 12.4 Å². The monoisotopic (exact) mass is 167 g/mol. The van der Waals surface area contributed by atoms with Crippen LogP contribution in [0.1, 0.15) is 5.69 Å². The Kier molecular flexibility index (Phi) is 2.23. The summed E-state index contributed by atoms with van der Waals surface area (Å²) in [6.45, 7) is 1.61. The largest absolute Gasteiger partial charge is 0.382 e. The van der Waals surface area contributed by atoms with Gasteiger partial charge in [0, 0.05) is 13.2 Å². The summed E-state index contributed by atoms with van der Waals surface area (Å²) in [7, 11) is 1.64. The molecule has 1 aromatic heterocycles. The number of hydrogen-bond donors (Lipinski definition) is 1. The van der Waals surface area contributed by atoms with E-state index in [1.165, 1.54) is 6.20 Å². The van der Waals surface area contributed by atoms with Crippen molar-refractivity contribution in [2.24, 2.45) is 0 Å². The first-order valence-electron chi connectivity index (χ1n) is 3.44. The maximum absolute atomic E-state index is 10.5. The highest BCUT2D eigenvalue weighted by Crippen LogP contribution is 2.25. The van der Waals surface area contributed by atoms with Gasteiger partial charge in [-0.25, -0.2) is 0 Å². The molecular weight excluding hydrogens is 158 g/mol. The molecule has 0 aromatic carbocycles. The molecule has 0 aliphatic carbocycles. The molecular formula is C7H9N3O2. The van der Waals surface area contributed by atoms with Crippen LogP contribution < -0.4 is 5.32 Å². The minimum Gasteiger partial charge on any atom is -0.382 e. The van der Waals surface area contributed by atoms with Gasteiger partial charge >= 0.3 is 5.69 Å². The van der Waals surface area contributed by atoms with E-state index in [0.717, 1.165) is 0 Å². The van der Waals surface area contributed by atoms with Gasteiger partial charge in [-0.1, -0.05) is 0 Å². The molecule has 0 atom stereocenters. The predicted molar refractivity (Wildman–Crippen MR) is 45.2 cm³/mol. The molecule has 0 unspecified atom stereocenters. The van der Waals surface area contributed by atoms with Crippen molar-refractivity contribution in [2.45, 2.75) is 6.92 Å². The molecule has 0 fully saturated rings. The van der Waals surface area contributed by atoms with Gasteiger partial charge in [0.1, 0.15) is 11.4 Å². The van der Waals surface area contributed by atoms with Gasteiger partial charge in [-0.15, -0.1) is 0 Å². The van der Waals surface area contributed by atoms with Crippen molar-refractivity contribution in [3.63, 3.8) is 0 Å². The Morgan fingerprint density at radius 1 is 1.67 bits per heavy atom. The Balaban J connectivity index is 3.29. The van der Waals surface area contributed by atoms with Crippen molar-refractivity contribution in [3.8, 4) is 0 Å². The zero-order valence-corrected chi connectivity index (χ0v) is 6.87. The highest BCUT2D eigenvalue weighted by molar-refractivity contribution is 5.62. The Morgan fingerprint density at radius 2 is 2.33 bits per heavy atom. The molecule has 0 amide bonds. The number of nitrogens with zero attached hydrogens (tertiary/aromatic N) is 2. The second-order valence-corrected chi connectivity index (χ2v) is 2.30. The SMILES string of the molecule is CNc1ccnc(C)c1[N+](=O)[O-]. The van der Waals surface area contributed by atoms with Crippen molar-refractivity contribution in [3.05, 3.63) is 28.1 Å². The quantitative estimate of drug-likeness (QED) is 0.533. The van der Waals surface area contributed by atoms with Crippen LogP contribution in [0, 0.1) is 17.0 Å². The van der Waals surface area contributed by atoms with E-state index >= 15 is 0 Å². The molecule has 64 valence electrons. The van der Waals surface area contributed by atoms with Crippen molar-refractivity contribution in [1.82, 2.24) is 4.98 Å². The minimum absolute atomic E-state index is 0.0417. The number of nitrogens with one attached hydrogen (secondary N) is 1. The average Bonchev–Trinajstić information content (AvgIpc) is 2.03. The first-order valence-corrected chi connectivity index (χ1v) is 3.44. The van der Waals surface area contributed by atoms with E-state index in [0.29, 0.717) is 11.4 Å². The van der Waals surface area contributed by atoms with Crippen LogP contribution in [0.4, 0.5) is 11.4 Å². The molecule has 0 saturated carbocycles. The van der Waals surface area contributed by atoms with Gasteiger partial charge in [-0.3, -0.25) is 15.1 Å². The maximum Gasteiger partial charge on any atom is 0.313 e. The molecule has 0 spiro atoms. The van der Waals surface area contributed by atoms with E-state index in [9.17, 15) is 10.1 Å². The van der Waals surface area contributed by atoms with Crippen LogP contribution >= 0.6 is 0 Å². The van der Waals surface area contributed by atoms with E-state index in [4.69, 9.17) is 0 Å². The molecule has 5 heteroatoms. The fourth-order valence-electron chi connectivity index (χ4n) is 0.991. The molecule has 12 heavy (non-hydrogen) atoms. The minimum atomic E-state index is -0.436. The van der Waals surface area contributed by atoms with Crippen LogP contribution in [0.15, 0.2) is 12.3 Å². The predicted octanol–water partition coefficient (Wildman–Crippen LogP) is 1.34. The molecule has 1 heterocycles. The molecule has 0 aliphatic heterocycles. The van der Waals surface area contributed by atoms with Gasteiger partial charge in [0.05, 0.1) is 4.92 Å². The molecule has 0 saturated heterocycles. The van der Waals surface area contributed by atoms with Gasteiger partial charge in [0.2, 0.25) is 0 Å². The van der Waals surface area contributed by atoms with Crippen LogP contribution in [0.3, 0.4) is 0 Å². The zero-order valence-electron chi connectivity index (χ0n) is 6.87. The van der Waals surface area contributed by atoms with Crippen molar-refractivity contribution < 1.29 is 4.92 Å². The maximum atomic E-state index is 10.5. The third-order valence-electron chi connectivity index (χ3n) is 1.56. The Morgan fingerprint density at radius 3 is 2.75 bits per heavy atom. The van der Waals surface area contributed by atoms with E-state index in [2.05, 4.69) is 10.3 Å². The highest BCUT2D eigenvalue weighted by atomic mass is 16.6. The normalized spacial score (nSPS) is 9.50. The highest BCUT2D eigenvalue weighted by Gasteiger charge is 2.16. The summed E-state index contributed by atoms with van der Waals surface area (Å²) in [6, 6.07) is 1.57. The summed E-state index contributed by atoms with van der Waals surface area (Å²) >= 11 is 0. The second-order valence-electron chi connectivity index (χ2n) is 2.30. The summed E-state index contributed by atoms with van der Waals surface area (Å²) in [4.78, 5) is 13.9. The first kappa shape index (κ1) is 8.45. The third-order valence-corrected chi connectivity index (χ3v) is 1.56. The van der Waals surface area contributed by atoms with E-state index in [1.54, 1.807) is 20.0 Å². The number of aryl methyl sites for hydroxylation is 1. The summed E-state index contributed by atoms with van der Waals surface area (Å²) in [5, 5.41) is 13.3. The van der Waals surface area contributed by atoms with Crippen LogP contribution in [0.2, 0.25) is 0 Å². The Hall–Kier alpha value is -1.65. The molecule has 0 radical (unpaired) electrons. The van der Waals surface area contributed by atoms with E-state index < -0.39 is 4.92 Å². The topological polar surface area (TPSA) is 68.1 Å². The summed E-state index contributed by atoms with van der Waals surface area (Å²) in [5.41, 5.74) is 0.958. The standard InChI is InChI=1S/C7H9N3O2/c1-5-7(10(11)12)6(8-2)3-4-9-5/h3-4H,1-2H3,(H,8,9). The van der Waals surface area contributed by atoms with Crippen LogP contribution in [-0.2, 0) is 0 Å². The number of aromatic nitrogens is 1. The van der Waals surface area contributed by atoms with Crippen molar-refractivity contribution in [1.29, 1.82) is 0 Å². The van der Waals surface area contributed by atoms with Gasteiger partial charge in [-0.2, -0.15) is 0 Å². The number of rotatable bonds is 2.